The largest absolute Gasteiger partial charge is 0.462 e. The maximum absolute atomic E-state index is 12.8. The molecule has 6 nitrogen and oxygen atoms in total. The zero-order valence-electron chi connectivity index (χ0n) is 43.9. The summed E-state index contributed by atoms with van der Waals surface area (Å²) in [6, 6.07) is 0. The molecule has 0 spiro atoms. The van der Waals surface area contributed by atoms with Crippen molar-refractivity contribution in [2.45, 2.75) is 330 Å². The van der Waals surface area contributed by atoms with E-state index in [1.54, 1.807) is 0 Å². The highest BCUT2D eigenvalue weighted by Crippen LogP contribution is 2.18. The van der Waals surface area contributed by atoms with Gasteiger partial charge in [-0.1, -0.05) is 285 Å². The van der Waals surface area contributed by atoms with Crippen LogP contribution < -0.4 is 0 Å². The molecule has 6 heteroatoms. The maximum atomic E-state index is 12.8. The molecule has 0 heterocycles. The molecule has 0 aromatic heterocycles. The molecular weight excluding hydrogens is 793 g/mol. The first-order chi connectivity index (χ1) is 31.3. The van der Waals surface area contributed by atoms with Crippen LogP contribution in [0.15, 0.2) is 0 Å². The standard InChI is InChI=1S/C58H112O6/c1-6-8-9-10-11-12-13-14-15-16-20-23-26-29-32-38-43-48-56(59)62-51-55(52-63-57(60)49-44-39-35-34-37-42-47-54(5)7-2)64-58(61)50-45-40-33-30-27-24-21-18-17-19-22-25-28-31-36-41-46-53(3)4/h53-55H,6-52H2,1-5H3/t54?,55-/m0/s1. The van der Waals surface area contributed by atoms with E-state index in [2.05, 4.69) is 34.6 Å². The van der Waals surface area contributed by atoms with Crippen LogP contribution in [0.25, 0.3) is 0 Å². The number of hydrogen-bond donors (Lipinski definition) is 0. The van der Waals surface area contributed by atoms with Gasteiger partial charge in [0.25, 0.3) is 0 Å². The third kappa shape index (κ3) is 49.8. The Morgan fingerprint density at radius 2 is 0.594 bits per heavy atom. The van der Waals surface area contributed by atoms with E-state index in [-0.39, 0.29) is 31.1 Å². The van der Waals surface area contributed by atoms with Gasteiger partial charge >= 0.3 is 17.9 Å². The average Bonchev–Trinajstić information content (AvgIpc) is 3.28. The van der Waals surface area contributed by atoms with Crippen molar-refractivity contribution in [2.24, 2.45) is 11.8 Å². The van der Waals surface area contributed by atoms with Gasteiger partial charge in [-0.25, -0.2) is 0 Å². The summed E-state index contributed by atoms with van der Waals surface area (Å²) in [5, 5.41) is 0. The van der Waals surface area contributed by atoms with Gasteiger partial charge in [-0.2, -0.15) is 0 Å². The Balaban J connectivity index is 4.24. The van der Waals surface area contributed by atoms with E-state index in [9.17, 15) is 14.4 Å². The number of carbonyl (C=O) groups is 3. The molecule has 0 saturated carbocycles. The van der Waals surface area contributed by atoms with E-state index in [0.717, 1.165) is 69.6 Å². The predicted molar refractivity (Wildman–Crippen MR) is 275 cm³/mol. The van der Waals surface area contributed by atoms with Crippen molar-refractivity contribution in [3.8, 4) is 0 Å². The summed E-state index contributed by atoms with van der Waals surface area (Å²) in [6.45, 7) is 11.4. The van der Waals surface area contributed by atoms with Crippen LogP contribution >= 0.6 is 0 Å². The number of ether oxygens (including phenoxy) is 3. The van der Waals surface area contributed by atoms with Crippen molar-refractivity contribution < 1.29 is 28.6 Å². The third-order valence-electron chi connectivity index (χ3n) is 13.6. The zero-order valence-corrected chi connectivity index (χ0v) is 43.9. The summed E-state index contributed by atoms with van der Waals surface area (Å²) < 4.78 is 16.9. The molecule has 64 heavy (non-hydrogen) atoms. The van der Waals surface area contributed by atoms with Gasteiger partial charge in [-0.3, -0.25) is 14.4 Å². The molecule has 0 aliphatic rings. The lowest BCUT2D eigenvalue weighted by Gasteiger charge is -2.18. The number of rotatable bonds is 52. The lowest BCUT2D eigenvalue weighted by molar-refractivity contribution is -0.167. The van der Waals surface area contributed by atoms with Crippen molar-refractivity contribution >= 4 is 17.9 Å². The summed E-state index contributed by atoms with van der Waals surface area (Å²) in [5.41, 5.74) is 0. The van der Waals surface area contributed by atoms with Gasteiger partial charge in [0.05, 0.1) is 0 Å². The number of unbranched alkanes of at least 4 members (excludes halogenated alkanes) is 36. The normalized spacial score (nSPS) is 12.5. The molecule has 0 rings (SSSR count). The molecule has 2 atom stereocenters. The predicted octanol–water partition coefficient (Wildman–Crippen LogP) is 18.9. The van der Waals surface area contributed by atoms with Crippen LogP contribution in [-0.4, -0.2) is 37.2 Å². The molecule has 0 fully saturated rings. The summed E-state index contributed by atoms with van der Waals surface area (Å²) in [6.07, 6.45) is 53.9. The molecular formula is C58H112O6. The second-order valence-electron chi connectivity index (χ2n) is 20.6. The Hall–Kier alpha value is -1.59. The lowest BCUT2D eigenvalue weighted by atomic mass is 10.00. The Morgan fingerprint density at radius 1 is 0.328 bits per heavy atom. The fourth-order valence-corrected chi connectivity index (χ4v) is 8.84. The molecule has 0 aliphatic carbocycles. The molecule has 0 aromatic rings. The minimum Gasteiger partial charge on any atom is -0.462 e. The first kappa shape index (κ1) is 62.4. The quantitative estimate of drug-likeness (QED) is 0.0344. The maximum Gasteiger partial charge on any atom is 0.306 e. The average molecular weight is 906 g/mol. The highest BCUT2D eigenvalue weighted by atomic mass is 16.6. The Labute approximate surface area is 399 Å². The Morgan fingerprint density at radius 3 is 0.891 bits per heavy atom. The van der Waals surface area contributed by atoms with Crippen LogP contribution in [0.3, 0.4) is 0 Å². The van der Waals surface area contributed by atoms with Crippen LogP contribution in [0.2, 0.25) is 0 Å². The van der Waals surface area contributed by atoms with Gasteiger partial charge in [-0.15, -0.1) is 0 Å². The lowest BCUT2D eigenvalue weighted by Crippen LogP contribution is -2.30. The molecule has 0 aliphatic heterocycles. The molecule has 0 saturated heterocycles. The molecule has 380 valence electrons. The van der Waals surface area contributed by atoms with Crippen LogP contribution in [0, 0.1) is 11.8 Å². The van der Waals surface area contributed by atoms with Crippen LogP contribution in [0.5, 0.6) is 0 Å². The van der Waals surface area contributed by atoms with E-state index in [0.29, 0.717) is 19.3 Å². The third-order valence-corrected chi connectivity index (χ3v) is 13.6. The molecule has 1 unspecified atom stereocenters. The minimum atomic E-state index is -0.763. The fraction of sp³-hybridized carbons (Fsp3) is 0.948. The molecule has 0 N–H and O–H groups in total. The smallest absolute Gasteiger partial charge is 0.306 e. The van der Waals surface area contributed by atoms with E-state index >= 15 is 0 Å². The van der Waals surface area contributed by atoms with Gasteiger partial charge < -0.3 is 14.2 Å². The van der Waals surface area contributed by atoms with Crippen molar-refractivity contribution in [3.05, 3.63) is 0 Å². The first-order valence-electron chi connectivity index (χ1n) is 28.8. The zero-order chi connectivity index (χ0) is 46.8. The monoisotopic (exact) mass is 905 g/mol. The number of esters is 3. The van der Waals surface area contributed by atoms with Gasteiger partial charge in [-0.05, 0) is 31.1 Å². The Bertz CT molecular complexity index is 980. The Kier molecular flexibility index (Phi) is 49.6. The molecule has 0 aromatic carbocycles. The van der Waals surface area contributed by atoms with Crippen LogP contribution in [0.1, 0.15) is 324 Å². The summed E-state index contributed by atoms with van der Waals surface area (Å²) in [4.78, 5) is 38.1. The van der Waals surface area contributed by atoms with Crippen molar-refractivity contribution in [1.82, 2.24) is 0 Å². The van der Waals surface area contributed by atoms with E-state index in [1.807, 2.05) is 0 Å². The number of hydrogen-bond acceptors (Lipinski definition) is 6. The summed E-state index contributed by atoms with van der Waals surface area (Å²) in [7, 11) is 0. The first-order valence-corrected chi connectivity index (χ1v) is 28.8. The molecule has 0 amide bonds. The fourth-order valence-electron chi connectivity index (χ4n) is 8.84. The van der Waals surface area contributed by atoms with E-state index < -0.39 is 6.10 Å². The van der Waals surface area contributed by atoms with Gasteiger partial charge in [0.2, 0.25) is 0 Å². The van der Waals surface area contributed by atoms with Crippen molar-refractivity contribution in [1.29, 1.82) is 0 Å². The number of carbonyl (C=O) groups excluding carboxylic acids is 3. The van der Waals surface area contributed by atoms with Crippen molar-refractivity contribution in [3.63, 3.8) is 0 Å². The molecule has 0 radical (unpaired) electrons. The van der Waals surface area contributed by atoms with Gasteiger partial charge in [0, 0.05) is 19.3 Å². The highest BCUT2D eigenvalue weighted by Gasteiger charge is 2.19. The van der Waals surface area contributed by atoms with Crippen LogP contribution in [0.4, 0.5) is 0 Å². The van der Waals surface area contributed by atoms with Gasteiger partial charge in [0.15, 0.2) is 6.10 Å². The second kappa shape index (κ2) is 50.8. The summed E-state index contributed by atoms with van der Waals surface area (Å²) in [5.74, 6) is 0.822. The minimum absolute atomic E-state index is 0.0635. The van der Waals surface area contributed by atoms with E-state index in [1.165, 1.54) is 212 Å². The summed E-state index contributed by atoms with van der Waals surface area (Å²) >= 11 is 0. The SMILES string of the molecule is CCCCCCCCCCCCCCCCCCCC(=O)OC[C@@H](COC(=O)CCCCCCCCC(C)CC)OC(=O)CCCCCCCCCCCCCCCCCCC(C)C. The molecule has 0 bridgehead atoms. The van der Waals surface area contributed by atoms with Gasteiger partial charge in [0.1, 0.15) is 13.2 Å². The van der Waals surface area contributed by atoms with E-state index in [4.69, 9.17) is 14.2 Å². The van der Waals surface area contributed by atoms with Crippen molar-refractivity contribution in [2.75, 3.05) is 13.2 Å². The van der Waals surface area contributed by atoms with Crippen LogP contribution in [-0.2, 0) is 28.6 Å². The highest BCUT2D eigenvalue weighted by molar-refractivity contribution is 5.71. The topological polar surface area (TPSA) is 78.9 Å². The second-order valence-corrected chi connectivity index (χ2v) is 20.6.